The molecule has 2 heterocycles. The van der Waals surface area contributed by atoms with Crippen molar-refractivity contribution in [2.45, 2.75) is 19.9 Å². The predicted molar refractivity (Wildman–Crippen MR) is 75.6 cm³/mol. The van der Waals surface area contributed by atoms with Gasteiger partial charge in [-0.15, -0.1) is 0 Å². The molecule has 0 aromatic carbocycles. The van der Waals surface area contributed by atoms with Crippen molar-refractivity contribution < 1.29 is 9.90 Å². The summed E-state index contributed by atoms with van der Waals surface area (Å²) in [5.74, 6) is -1.04. The topological polar surface area (TPSA) is 104 Å². The van der Waals surface area contributed by atoms with E-state index >= 15 is 0 Å². The highest BCUT2D eigenvalue weighted by molar-refractivity contribution is 5.80. The van der Waals surface area contributed by atoms with Gasteiger partial charge < -0.3 is 10.4 Å². The maximum absolute atomic E-state index is 11.5. The number of carboxylic acid groups (broad SMARTS) is 1. The minimum atomic E-state index is -1.04. The van der Waals surface area contributed by atoms with E-state index in [0.29, 0.717) is 28.2 Å². The van der Waals surface area contributed by atoms with Crippen molar-refractivity contribution in [3.63, 3.8) is 0 Å². The van der Waals surface area contributed by atoms with E-state index in [1.807, 2.05) is 0 Å². The number of aromatic nitrogens is 3. The summed E-state index contributed by atoms with van der Waals surface area (Å²) in [7, 11) is 1.71. The maximum atomic E-state index is 11.5. The van der Waals surface area contributed by atoms with Gasteiger partial charge in [0.1, 0.15) is 6.07 Å². The summed E-state index contributed by atoms with van der Waals surface area (Å²) in [5.41, 5.74) is 2.59. The predicted octanol–water partition coefficient (Wildman–Crippen LogP) is 1.54. The lowest BCUT2D eigenvalue weighted by Crippen LogP contribution is -2.21. The molecule has 7 heteroatoms. The average Bonchev–Trinajstić information content (AvgIpc) is 2.81. The van der Waals surface area contributed by atoms with E-state index < -0.39 is 12.0 Å². The summed E-state index contributed by atoms with van der Waals surface area (Å²) in [6, 6.07) is 2.74. The molecular weight excluding hydrogens is 270 g/mol. The van der Waals surface area contributed by atoms with E-state index in [0.717, 1.165) is 0 Å². The van der Waals surface area contributed by atoms with Crippen molar-refractivity contribution in [3.8, 4) is 6.07 Å². The van der Waals surface area contributed by atoms with Gasteiger partial charge in [-0.05, 0) is 19.9 Å². The second kappa shape index (κ2) is 5.63. The highest BCUT2D eigenvalue weighted by atomic mass is 16.4. The first-order valence-corrected chi connectivity index (χ1v) is 6.28. The number of nitrogens with one attached hydrogen (secondary N) is 1. The summed E-state index contributed by atoms with van der Waals surface area (Å²) < 4.78 is 1.53. The number of anilines is 1. The van der Waals surface area contributed by atoms with Crippen molar-refractivity contribution in [2.24, 2.45) is 7.05 Å². The first-order valence-electron chi connectivity index (χ1n) is 6.28. The van der Waals surface area contributed by atoms with E-state index in [1.165, 1.54) is 10.9 Å². The number of rotatable bonds is 4. The molecule has 0 amide bonds. The van der Waals surface area contributed by atoms with E-state index in [9.17, 15) is 15.2 Å². The number of nitrogens with zero attached hydrogens (tertiary/aromatic N) is 4. The number of aryl methyl sites for hydroxylation is 3. The standard InChI is InChI=1S/C14H15N5O2/c1-8-4-12(11(5-15)9(2)17-8)18-13(14(20)21)10-6-16-19(3)7-10/h4,6-7,13H,1-3H3,(H,17,18)(H,20,21). The SMILES string of the molecule is Cc1cc(NC(C(=O)O)c2cnn(C)c2)c(C#N)c(C)n1. The third kappa shape index (κ3) is 3.00. The van der Waals surface area contributed by atoms with Gasteiger partial charge in [0.2, 0.25) is 0 Å². The number of hydrogen-bond donors (Lipinski definition) is 2. The first kappa shape index (κ1) is 14.5. The molecule has 0 radical (unpaired) electrons. The van der Waals surface area contributed by atoms with Crippen LogP contribution in [0.4, 0.5) is 5.69 Å². The van der Waals surface area contributed by atoms with Gasteiger partial charge in [0.15, 0.2) is 6.04 Å². The van der Waals surface area contributed by atoms with Crippen LogP contribution in [0.1, 0.15) is 28.6 Å². The molecule has 2 rings (SSSR count). The Morgan fingerprint density at radius 3 is 2.76 bits per heavy atom. The highest BCUT2D eigenvalue weighted by Gasteiger charge is 2.23. The fourth-order valence-corrected chi connectivity index (χ4v) is 2.12. The van der Waals surface area contributed by atoms with Crippen molar-refractivity contribution in [1.29, 1.82) is 5.26 Å². The van der Waals surface area contributed by atoms with Crippen molar-refractivity contribution in [1.82, 2.24) is 14.8 Å². The fraction of sp³-hybridized carbons (Fsp3) is 0.286. The van der Waals surface area contributed by atoms with Gasteiger partial charge in [0, 0.05) is 24.5 Å². The van der Waals surface area contributed by atoms with Crippen LogP contribution in [0.2, 0.25) is 0 Å². The van der Waals surface area contributed by atoms with E-state index in [-0.39, 0.29) is 0 Å². The molecule has 1 unspecified atom stereocenters. The number of pyridine rings is 1. The normalized spacial score (nSPS) is 11.7. The van der Waals surface area contributed by atoms with Crippen LogP contribution in [0.25, 0.3) is 0 Å². The molecule has 7 nitrogen and oxygen atoms in total. The van der Waals surface area contributed by atoms with E-state index in [2.05, 4.69) is 21.5 Å². The first-order chi connectivity index (χ1) is 9.92. The Bertz CT molecular complexity index is 729. The summed E-state index contributed by atoms with van der Waals surface area (Å²) in [5, 5.41) is 25.5. The lowest BCUT2D eigenvalue weighted by molar-refractivity contribution is -0.138. The van der Waals surface area contributed by atoms with Crippen LogP contribution >= 0.6 is 0 Å². The molecule has 0 spiro atoms. The van der Waals surface area contributed by atoms with Gasteiger partial charge in [0.25, 0.3) is 0 Å². The third-order valence-corrected chi connectivity index (χ3v) is 3.05. The van der Waals surface area contributed by atoms with Gasteiger partial charge in [-0.1, -0.05) is 0 Å². The fourth-order valence-electron chi connectivity index (χ4n) is 2.12. The Balaban J connectivity index is 2.43. The summed E-state index contributed by atoms with van der Waals surface area (Å²) in [4.78, 5) is 15.7. The zero-order chi connectivity index (χ0) is 15.6. The van der Waals surface area contributed by atoms with Gasteiger partial charge in [-0.25, -0.2) is 4.79 Å². The van der Waals surface area contributed by atoms with Crippen molar-refractivity contribution >= 4 is 11.7 Å². The average molecular weight is 285 g/mol. The molecule has 0 saturated carbocycles. The van der Waals surface area contributed by atoms with Crippen LogP contribution in [-0.4, -0.2) is 25.8 Å². The van der Waals surface area contributed by atoms with Crippen molar-refractivity contribution in [3.05, 3.63) is 41.0 Å². The zero-order valence-corrected chi connectivity index (χ0v) is 12.0. The molecule has 2 aromatic rings. The van der Waals surface area contributed by atoms with Crippen LogP contribution in [0.15, 0.2) is 18.5 Å². The number of aliphatic carboxylic acids is 1. The highest BCUT2D eigenvalue weighted by Crippen LogP contribution is 2.24. The second-order valence-electron chi connectivity index (χ2n) is 4.75. The van der Waals surface area contributed by atoms with E-state index in [1.54, 1.807) is 33.2 Å². The molecule has 1 atom stereocenters. The minimum absolute atomic E-state index is 0.343. The molecule has 2 aromatic heterocycles. The largest absolute Gasteiger partial charge is 0.479 e. The Labute approximate surface area is 121 Å². The maximum Gasteiger partial charge on any atom is 0.330 e. The molecule has 2 N–H and O–H groups in total. The van der Waals surface area contributed by atoms with Crippen LogP contribution in [0.3, 0.4) is 0 Å². The second-order valence-corrected chi connectivity index (χ2v) is 4.75. The zero-order valence-electron chi connectivity index (χ0n) is 12.0. The quantitative estimate of drug-likeness (QED) is 0.883. The molecule has 0 aliphatic heterocycles. The number of carboxylic acids is 1. The monoisotopic (exact) mass is 285 g/mol. The molecule has 0 fully saturated rings. The van der Waals surface area contributed by atoms with Crippen LogP contribution in [0, 0.1) is 25.2 Å². The van der Waals surface area contributed by atoms with Crippen molar-refractivity contribution in [2.75, 3.05) is 5.32 Å². The summed E-state index contributed by atoms with van der Waals surface area (Å²) in [6.07, 6.45) is 3.11. The molecule has 0 saturated heterocycles. The van der Waals surface area contributed by atoms with Gasteiger partial charge in [0.05, 0.1) is 23.1 Å². The Morgan fingerprint density at radius 1 is 1.52 bits per heavy atom. The number of nitriles is 1. The number of carbonyl (C=O) groups is 1. The van der Waals surface area contributed by atoms with Gasteiger partial charge in [-0.2, -0.15) is 10.4 Å². The molecule has 0 aliphatic carbocycles. The number of hydrogen-bond acceptors (Lipinski definition) is 5. The molecule has 21 heavy (non-hydrogen) atoms. The minimum Gasteiger partial charge on any atom is -0.479 e. The van der Waals surface area contributed by atoms with Gasteiger partial charge in [-0.3, -0.25) is 9.67 Å². The smallest absolute Gasteiger partial charge is 0.330 e. The Morgan fingerprint density at radius 2 is 2.24 bits per heavy atom. The molecule has 0 aliphatic rings. The van der Waals surface area contributed by atoms with Crippen LogP contribution < -0.4 is 5.32 Å². The lowest BCUT2D eigenvalue weighted by Gasteiger charge is -2.16. The van der Waals surface area contributed by atoms with E-state index in [4.69, 9.17) is 0 Å². The lowest BCUT2D eigenvalue weighted by atomic mass is 10.1. The Kier molecular flexibility index (Phi) is 3.89. The summed E-state index contributed by atoms with van der Waals surface area (Å²) >= 11 is 0. The summed E-state index contributed by atoms with van der Waals surface area (Å²) in [6.45, 7) is 3.51. The molecule has 108 valence electrons. The molecule has 0 bridgehead atoms. The van der Waals surface area contributed by atoms with Crippen LogP contribution in [0.5, 0.6) is 0 Å². The Hall–Kier alpha value is -2.88. The van der Waals surface area contributed by atoms with Gasteiger partial charge >= 0.3 is 5.97 Å². The molecular formula is C14H15N5O2. The van der Waals surface area contributed by atoms with Crippen LogP contribution in [-0.2, 0) is 11.8 Å². The third-order valence-electron chi connectivity index (χ3n) is 3.05.